The molecular weight excluding hydrogens is 393 g/mol. The molecular formula is C20H22FN5O4. The summed E-state index contributed by atoms with van der Waals surface area (Å²) in [6, 6.07) is 5.81. The van der Waals surface area contributed by atoms with Gasteiger partial charge in [0, 0.05) is 31.9 Å². The fourth-order valence-corrected chi connectivity index (χ4v) is 2.94. The van der Waals surface area contributed by atoms with Crippen LogP contribution in [0.5, 0.6) is 5.75 Å². The minimum atomic E-state index is -0.883. The van der Waals surface area contributed by atoms with E-state index in [1.54, 1.807) is 31.3 Å². The zero-order chi connectivity index (χ0) is 21.7. The molecule has 0 aliphatic carbocycles. The molecule has 0 aliphatic heterocycles. The Balaban J connectivity index is 1.87. The lowest BCUT2D eigenvalue weighted by molar-refractivity contribution is -0.148. The number of esters is 1. The van der Waals surface area contributed by atoms with Crippen molar-refractivity contribution in [1.82, 2.24) is 19.9 Å². The molecule has 3 aromatic rings. The fraction of sp³-hybridized carbons (Fsp3) is 0.300. The summed E-state index contributed by atoms with van der Waals surface area (Å²) in [4.78, 5) is 29.4. The van der Waals surface area contributed by atoms with Gasteiger partial charge in [0.15, 0.2) is 11.9 Å². The molecule has 3 rings (SSSR count). The number of anilines is 1. The van der Waals surface area contributed by atoms with Crippen LogP contribution in [0.3, 0.4) is 0 Å². The van der Waals surface area contributed by atoms with Gasteiger partial charge in [0.2, 0.25) is 6.10 Å². The fourth-order valence-electron chi connectivity index (χ4n) is 2.94. The van der Waals surface area contributed by atoms with E-state index < -0.39 is 17.9 Å². The van der Waals surface area contributed by atoms with Crippen LogP contribution in [-0.2, 0) is 16.1 Å². The zero-order valence-corrected chi connectivity index (χ0v) is 16.8. The molecule has 1 atom stereocenters. The van der Waals surface area contributed by atoms with Gasteiger partial charge in [-0.1, -0.05) is 0 Å². The average Bonchev–Trinajstić information content (AvgIpc) is 3.16. The van der Waals surface area contributed by atoms with Crippen LogP contribution >= 0.6 is 0 Å². The Morgan fingerprint density at radius 2 is 2.20 bits per heavy atom. The summed E-state index contributed by atoms with van der Waals surface area (Å²) in [5, 5.41) is 6.93. The first-order chi connectivity index (χ1) is 14.5. The number of ether oxygens (including phenoxy) is 2. The molecule has 0 radical (unpaired) electrons. The number of carbonyl (C=O) groups excluding carboxylic acids is 2. The van der Waals surface area contributed by atoms with Gasteiger partial charge >= 0.3 is 5.97 Å². The predicted molar refractivity (Wildman–Crippen MR) is 107 cm³/mol. The van der Waals surface area contributed by atoms with Crippen molar-refractivity contribution in [3.05, 3.63) is 53.6 Å². The lowest BCUT2D eigenvalue weighted by atomic mass is 10.1. The molecule has 2 aromatic heterocycles. The van der Waals surface area contributed by atoms with E-state index in [1.807, 2.05) is 0 Å². The molecule has 0 aliphatic rings. The highest BCUT2D eigenvalue weighted by Gasteiger charge is 2.22. The molecule has 10 heteroatoms. The van der Waals surface area contributed by atoms with Crippen molar-refractivity contribution in [2.75, 3.05) is 32.6 Å². The molecule has 2 heterocycles. The highest BCUT2D eigenvalue weighted by atomic mass is 19.1. The molecule has 0 spiro atoms. The van der Waals surface area contributed by atoms with Crippen LogP contribution in [0.1, 0.15) is 15.9 Å². The van der Waals surface area contributed by atoms with E-state index in [1.165, 1.54) is 36.0 Å². The number of carbonyl (C=O) groups is 2. The Kier molecular flexibility index (Phi) is 6.58. The van der Waals surface area contributed by atoms with E-state index in [0.29, 0.717) is 34.6 Å². The first-order valence-corrected chi connectivity index (χ1v) is 9.15. The molecule has 0 bridgehead atoms. The van der Waals surface area contributed by atoms with E-state index in [2.05, 4.69) is 15.4 Å². The van der Waals surface area contributed by atoms with Crippen LogP contribution in [0.2, 0.25) is 0 Å². The Bertz CT molecular complexity index is 1050. The van der Waals surface area contributed by atoms with E-state index in [9.17, 15) is 14.0 Å². The summed E-state index contributed by atoms with van der Waals surface area (Å²) in [5.74, 6) is -0.0624. The maximum Gasteiger partial charge on any atom is 0.348 e. The third-order valence-corrected chi connectivity index (χ3v) is 4.45. The molecule has 0 amide bonds. The Morgan fingerprint density at radius 3 is 2.90 bits per heavy atom. The van der Waals surface area contributed by atoms with Crippen LogP contribution in [0.4, 0.5) is 10.2 Å². The van der Waals surface area contributed by atoms with E-state index >= 15 is 0 Å². The summed E-state index contributed by atoms with van der Waals surface area (Å²) >= 11 is 0. The third-order valence-electron chi connectivity index (χ3n) is 4.45. The van der Waals surface area contributed by atoms with Crippen molar-refractivity contribution in [2.45, 2.75) is 12.6 Å². The molecule has 158 valence electrons. The standard InChI is InChI=1S/C20H22FN5O4/c1-22-10-17(20(28)29-3)30-16-5-4-15(21)8-13(16)11-25(2)18-6-7-26-19(24-18)14(12-27)9-23-26/h4-9,12,17,22H,10-11H2,1-3H3. The Morgan fingerprint density at radius 1 is 1.40 bits per heavy atom. The molecule has 30 heavy (non-hydrogen) atoms. The average molecular weight is 415 g/mol. The topological polar surface area (TPSA) is 98.1 Å². The summed E-state index contributed by atoms with van der Waals surface area (Å²) in [5.41, 5.74) is 1.31. The monoisotopic (exact) mass is 415 g/mol. The van der Waals surface area contributed by atoms with Crippen molar-refractivity contribution < 1.29 is 23.5 Å². The van der Waals surface area contributed by atoms with Crippen LogP contribution in [0.15, 0.2) is 36.7 Å². The van der Waals surface area contributed by atoms with Gasteiger partial charge in [-0.2, -0.15) is 5.10 Å². The SMILES string of the molecule is CNCC(Oc1ccc(F)cc1CN(C)c1ccn2ncc(C=O)c2n1)C(=O)OC. The largest absolute Gasteiger partial charge is 0.477 e. The molecule has 1 aromatic carbocycles. The van der Waals surface area contributed by atoms with Crippen LogP contribution < -0.4 is 15.0 Å². The minimum absolute atomic E-state index is 0.229. The second kappa shape index (κ2) is 9.31. The Labute approximate surface area is 172 Å². The second-order valence-electron chi connectivity index (χ2n) is 6.57. The number of aldehydes is 1. The number of likely N-dealkylation sites (N-methyl/N-ethyl adjacent to an activating group) is 1. The highest BCUT2D eigenvalue weighted by Crippen LogP contribution is 2.25. The van der Waals surface area contributed by atoms with Gasteiger partial charge in [0.05, 0.1) is 18.9 Å². The summed E-state index contributed by atoms with van der Waals surface area (Å²) < 4.78 is 26.0. The van der Waals surface area contributed by atoms with Crippen LogP contribution in [-0.4, -0.2) is 60.7 Å². The predicted octanol–water partition coefficient (Wildman–Crippen LogP) is 1.46. The van der Waals surface area contributed by atoms with Crippen molar-refractivity contribution in [3.8, 4) is 5.75 Å². The molecule has 0 saturated heterocycles. The second-order valence-corrected chi connectivity index (χ2v) is 6.57. The molecule has 0 saturated carbocycles. The van der Waals surface area contributed by atoms with Crippen molar-refractivity contribution in [3.63, 3.8) is 0 Å². The lowest BCUT2D eigenvalue weighted by Crippen LogP contribution is -2.37. The first kappa shape index (κ1) is 21.2. The molecule has 1 unspecified atom stereocenters. The van der Waals surface area contributed by atoms with Crippen molar-refractivity contribution in [2.24, 2.45) is 0 Å². The van der Waals surface area contributed by atoms with Gasteiger partial charge < -0.3 is 19.7 Å². The van der Waals surface area contributed by atoms with Gasteiger partial charge in [-0.3, -0.25) is 4.79 Å². The maximum absolute atomic E-state index is 13.9. The number of nitrogens with zero attached hydrogens (tertiary/aromatic N) is 4. The van der Waals surface area contributed by atoms with Gasteiger partial charge in [-0.25, -0.2) is 18.7 Å². The quantitative estimate of drug-likeness (QED) is 0.414. The number of hydrogen-bond donors (Lipinski definition) is 1. The lowest BCUT2D eigenvalue weighted by Gasteiger charge is -2.22. The number of hydrogen-bond acceptors (Lipinski definition) is 8. The van der Waals surface area contributed by atoms with Gasteiger partial charge in [-0.05, 0) is 31.3 Å². The van der Waals surface area contributed by atoms with Crippen LogP contribution in [0.25, 0.3) is 5.65 Å². The van der Waals surface area contributed by atoms with E-state index in [4.69, 9.17) is 9.47 Å². The zero-order valence-electron chi connectivity index (χ0n) is 16.8. The number of nitrogens with one attached hydrogen (secondary N) is 1. The number of halogens is 1. The molecule has 9 nitrogen and oxygen atoms in total. The Hall–Kier alpha value is -3.53. The normalized spacial score (nSPS) is 11.9. The summed E-state index contributed by atoms with van der Waals surface area (Å²) in [7, 11) is 4.74. The van der Waals surface area contributed by atoms with Crippen LogP contribution in [0, 0.1) is 5.82 Å². The number of benzene rings is 1. The van der Waals surface area contributed by atoms with Gasteiger partial charge in [0.25, 0.3) is 0 Å². The number of aromatic nitrogens is 3. The van der Waals surface area contributed by atoms with E-state index in [0.717, 1.165) is 0 Å². The van der Waals surface area contributed by atoms with E-state index in [-0.39, 0.29) is 13.1 Å². The third kappa shape index (κ3) is 4.54. The maximum atomic E-state index is 13.9. The minimum Gasteiger partial charge on any atom is -0.477 e. The number of rotatable bonds is 9. The summed E-state index contributed by atoms with van der Waals surface area (Å²) in [6.45, 7) is 0.474. The van der Waals surface area contributed by atoms with Gasteiger partial charge in [0.1, 0.15) is 17.4 Å². The smallest absolute Gasteiger partial charge is 0.348 e. The highest BCUT2D eigenvalue weighted by molar-refractivity contribution is 5.84. The van der Waals surface area contributed by atoms with Crippen molar-refractivity contribution in [1.29, 1.82) is 0 Å². The molecule has 0 fully saturated rings. The number of methoxy groups -OCH3 is 1. The summed E-state index contributed by atoms with van der Waals surface area (Å²) in [6.07, 6.45) is 2.93. The number of fused-ring (bicyclic) bond motifs is 1. The van der Waals surface area contributed by atoms with Gasteiger partial charge in [-0.15, -0.1) is 0 Å². The first-order valence-electron chi connectivity index (χ1n) is 9.15. The molecule has 1 N–H and O–H groups in total. The van der Waals surface area contributed by atoms with Crippen molar-refractivity contribution >= 4 is 23.7 Å².